The van der Waals surface area contributed by atoms with Crippen LogP contribution in [0, 0.1) is 5.92 Å². The van der Waals surface area contributed by atoms with Crippen molar-refractivity contribution in [3.8, 4) is 33.4 Å². The van der Waals surface area contributed by atoms with Gasteiger partial charge in [0.15, 0.2) is 0 Å². The van der Waals surface area contributed by atoms with E-state index in [9.17, 15) is 0 Å². The maximum Gasteiger partial charge on any atom is 0.117 e. The second-order valence-electron chi connectivity index (χ2n) is 14.0. The molecular formula is C48H32N2S. The monoisotopic (exact) mass is 668 g/mol. The van der Waals surface area contributed by atoms with Crippen LogP contribution in [-0.4, -0.2) is 10.4 Å². The number of nitrogens with zero attached hydrogens (tertiary/aromatic N) is 2. The van der Waals surface area contributed by atoms with Gasteiger partial charge in [0.05, 0.1) is 11.0 Å². The summed E-state index contributed by atoms with van der Waals surface area (Å²) in [5, 5.41) is 5.20. The molecule has 240 valence electrons. The molecule has 9 aromatic rings. The van der Waals surface area contributed by atoms with Gasteiger partial charge < -0.3 is 0 Å². The van der Waals surface area contributed by atoms with Crippen molar-refractivity contribution in [2.75, 3.05) is 0 Å². The van der Waals surface area contributed by atoms with Crippen LogP contribution in [0.2, 0.25) is 0 Å². The van der Waals surface area contributed by atoms with E-state index in [1.807, 2.05) is 17.5 Å². The quantitative estimate of drug-likeness (QED) is 0.178. The Kier molecular flexibility index (Phi) is 6.20. The maximum absolute atomic E-state index is 5.12. The van der Waals surface area contributed by atoms with Gasteiger partial charge in [-0.3, -0.25) is 4.57 Å². The highest BCUT2D eigenvalue weighted by Gasteiger charge is 2.58. The molecule has 2 atom stereocenters. The first kappa shape index (κ1) is 28.8. The summed E-state index contributed by atoms with van der Waals surface area (Å²) in [5.74, 6) is 1.46. The van der Waals surface area contributed by atoms with Gasteiger partial charge in [-0.1, -0.05) is 140 Å². The van der Waals surface area contributed by atoms with Crippen molar-refractivity contribution in [3.05, 3.63) is 182 Å². The van der Waals surface area contributed by atoms with Gasteiger partial charge >= 0.3 is 0 Å². The van der Waals surface area contributed by atoms with Crippen LogP contribution >= 0.6 is 11.3 Å². The molecule has 0 amide bonds. The smallest absolute Gasteiger partial charge is 0.117 e. The Morgan fingerprint density at radius 2 is 1.20 bits per heavy atom. The Hall–Kier alpha value is -6.03. The van der Waals surface area contributed by atoms with Crippen LogP contribution in [0.1, 0.15) is 12.0 Å². The van der Waals surface area contributed by atoms with E-state index in [0.29, 0.717) is 5.92 Å². The molecule has 0 saturated heterocycles. The van der Waals surface area contributed by atoms with Crippen LogP contribution in [0.4, 0.5) is 0 Å². The zero-order valence-corrected chi connectivity index (χ0v) is 28.6. The second-order valence-corrected chi connectivity index (χ2v) is 15.0. The molecule has 51 heavy (non-hydrogen) atoms. The molecular weight excluding hydrogens is 637 g/mol. The molecule has 2 aromatic heterocycles. The number of thiophene rings is 1. The third-order valence-electron chi connectivity index (χ3n) is 11.2. The maximum atomic E-state index is 5.12. The SMILES string of the molecule is C1=C[C@@]2(c3ccc(-c4cccc(-c5ccccc5)c4)cc3)CC2C(n2c3ccccc3c3cc(-c4cccc5c4sc4ccccc45)ccc32)=N1. The van der Waals surface area contributed by atoms with Crippen LogP contribution in [0.15, 0.2) is 181 Å². The van der Waals surface area contributed by atoms with Gasteiger partial charge in [-0.25, -0.2) is 4.99 Å². The summed E-state index contributed by atoms with van der Waals surface area (Å²) in [6.07, 6.45) is 5.45. The molecule has 11 rings (SSSR count). The van der Waals surface area contributed by atoms with Crippen LogP contribution in [0.5, 0.6) is 0 Å². The number of allylic oxidation sites excluding steroid dienone is 1. The normalized spacial score (nSPS) is 18.0. The minimum Gasteiger partial charge on any atom is -0.297 e. The predicted octanol–water partition coefficient (Wildman–Crippen LogP) is 12.9. The van der Waals surface area contributed by atoms with Gasteiger partial charge in [0.25, 0.3) is 0 Å². The summed E-state index contributed by atoms with van der Waals surface area (Å²) >= 11 is 1.89. The second kappa shape index (κ2) is 11.0. The van der Waals surface area contributed by atoms with Crippen molar-refractivity contribution >= 4 is 59.2 Å². The van der Waals surface area contributed by atoms with Crippen molar-refractivity contribution < 1.29 is 0 Å². The largest absolute Gasteiger partial charge is 0.297 e. The zero-order chi connectivity index (χ0) is 33.5. The number of rotatable bonds is 4. The van der Waals surface area contributed by atoms with Crippen LogP contribution in [0.25, 0.3) is 75.4 Å². The molecule has 1 fully saturated rings. The first-order valence-electron chi connectivity index (χ1n) is 17.7. The zero-order valence-electron chi connectivity index (χ0n) is 27.8. The molecule has 1 unspecified atom stereocenters. The highest BCUT2D eigenvalue weighted by atomic mass is 32.1. The fourth-order valence-corrected chi connectivity index (χ4v) is 9.83. The lowest BCUT2D eigenvalue weighted by Crippen LogP contribution is -2.22. The molecule has 3 heterocycles. The minimum atomic E-state index is -0.0318. The lowest BCUT2D eigenvalue weighted by molar-refractivity contribution is 0.817. The number of aromatic nitrogens is 1. The van der Waals surface area contributed by atoms with Gasteiger partial charge in [-0.05, 0) is 75.7 Å². The fourth-order valence-electron chi connectivity index (χ4n) is 8.59. The highest BCUT2D eigenvalue weighted by Crippen LogP contribution is 2.58. The van der Waals surface area contributed by atoms with Crippen molar-refractivity contribution in [3.63, 3.8) is 0 Å². The highest BCUT2D eigenvalue weighted by molar-refractivity contribution is 7.26. The van der Waals surface area contributed by atoms with Gasteiger partial charge in [0.2, 0.25) is 0 Å². The van der Waals surface area contributed by atoms with E-state index in [0.717, 1.165) is 12.3 Å². The van der Waals surface area contributed by atoms with E-state index in [2.05, 4.69) is 174 Å². The number of hydrogen-bond donors (Lipinski definition) is 0. The lowest BCUT2D eigenvalue weighted by Gasteiger charge is -2.20. The summed E-state index contributed by atoms with van der Waals surface area (Å²) in [7, 11) is 0. The third kappa shape index (κ3) is 4.38. The number of aliphatic imine (C=N–C) groups is 1. The summed E-state index contributed by atoms with van der Waals surface area (Å²) in [4.78, 5) is 5.12. The van der Waals surface area contributed by atoms with Crippen LogP contribution in [0.3, 0.4) is 0 Å². The van der Waals surface area contributed by atoms with Crippen molar-refractivity contribution in [1.29, 1.82) is 0 Å². The van der Waals surface area contributed by atoms with E-state index >= 15 is 0 Å². The molecule has 2 nitrogen and oxygen atoms in total. The standard InChI is InChI=1S/C48H32N2S/c1-2-10-31(11-3-1)33-12-8-13-34(28-33)32-20-23-36(24-21-32)48-26-27-49-47(42(48)30-48)50-43-18-6-4-14-38(43)41-29-35(22-25-44(41)50)37-16-9-17-40-39-15-5-7-19-45(39)51-46(37)40/h1-29,42H,30H2/t42?,48-/m0/s1. The average Bonchev–Trinajstić information content (AvgIpc) is 3.73. The van der Waals surface area contributed by atoms with E-state index in [-0.39, 0.29) is 5.41 Å². The molecule has 0 radical (unpaired) electrons. The molecule has 1 aliphatic carbocycles. The Morgan fingerprint density at radius 1 is 0.529 bits per heavy atom. The summed E-state index contributed by atoms with van der Waals surface area (Å²) in [5.41, 5.74) is 11.3. The van der Waals surface area contributed by atoms with E-state index < -0.39 is 0 Å². The van der Waals surface area contributed by atoms with Gasteiger partial charge in [0, 0.05) is 48.5 Å². The molecule has 1 aliphatic heterocycles. The minimum absolute atomic E-state index is 0.0318. The topological polar surface area (TPSA) is 17.3 Å². The molecule has 0 N–H and O–H groups in total. The first-order chi connectivity index (χ1) is 25.2. The number of hydrogen-bond acceptors (Lipinski definition) is 2. The number of para-hydroxylation sites is 1. The number of benzene rings is 7. The summed E-state index contributed by atoms with van der Waals surface area (Å²) in [6.45, 7) is 0. The fraction of sp³-hybridized carbons (Fsp3) is 0.0625. The van der Waals surface area contributed by atoms with Gasteiger partial charge in [-0.2, -0.15) is 0 Å². The predicted molar refractivity (Wildman–Crippen MR) is 217 cm³/mol. The molecule has 0 spiro atoms. The molecule has 2 aliphatic rings. The third-order valence-corrected chi connectivity index (χ3v) is 12.5. The molecule has 0 bridgehead atoms. The Bertz CT molecular complexity index is 2890. The van der Waals surface area contributed by atoms with E-state index in [4.69, 9.17) is 4.99 Å². The molecule has 1 saturated carbocycles. The lowest BCUT2D eigenvalue weighted by atomic mass is 9.90. The van der Waals surface area contributed by atoms with E-state index in [1.165, 1.54) is 80.9 Å². The Balaban J connectivity index is 0.963. The Morgan fingerprint density at radius 3 is 2.06 bits per heavy atom. The van der Waals surface area contributed by atoms with Gasteiger partial charge in [-0.15, -0.1) is 11.3 Å². The van der Waals surface area contributed by atoms with Crippen molar-refractivity contribution in [2.45, 2.75) is 11.8 Å². The average molecular weight is 669 g/mol. The number of fused-ring (bicyclic) bond motifs is 7. The molecule has 3 heteroatoms. The van der Waals surface area contributed by atoms with Crippen molar-refractivity contribution in [1.82, 2.24) is 4.57 Å². The van der Waals surface area contributed by atoms with E-state index in [1.54, 1.807) is 0 Å². The summed E-state index contributed by atoms with van der Waals surface area (Å²) in [6, 6.07) is 60.1. The van der Waals surface area contributed by atoms with Crippen LogP contribution < -0.4 is 0 Å². The van der Waals surface area contributed by atoms with Crippen molar-refractivity contribution in [2.24, 2.45) is 10.9 Å². The van der Waals surface area contributed by atoms with Crippen LogP contribution in [-0.2, 0) is 5.41 Å². The first-order valence-corrected chi connectivity index (χ1v) is 18.5. The summed E-state index contributed by atoms with van der Waals surface area (Å²) < 4.78 is 5.12. The molecule has 7 aromatic carbocycles. The Labute approximate surface area is 300 Å². The van der Waals surface area contributed by atoms with Gasteiger partial charge in [0.1, 0.15) is 5.84 Å².